The van der Waals surface area contributed by atoms with Crippen LogP contribution >= 0.6 is 23.1 Å². The Labute approximate surface area is 138 Å². The van der Waals surface area contributed by atoms with E-state index < -0.39 is 0 Å². The van der Waals surface area contributed by atoms with Crippen molar-refractivity contribution >= 4 is 33.3 Å². The van der Waals surface area contributed by atoms with Gasteiger partial charge in [-0.05, 0) is 37.1 Å². The van der Waals surface area contributed by atoms with Crippen molar-refractivity contribution < 1.29 is 0 Å². The summed E-state index contributed by atoms with van der Waals surface area (Å²) in [6.07, 6.45) is 1.02. The second kappa shape index (κ2) is 6.47. The van der Waals surface area contributed by atoms with Gasteiger partial charge in [0.2, 0.25) is 0 Å². The van der Waals surface area contributed by atoms with Gasteiger partial charge in [-0.2, -0.15) is 5.26 Å². The number of benzene rings is 1. The molecule has 2 aromatic heterocycles. The number of hydrogen-bond acceptors (Lipinski definition) is 5. The Balaban J connectivity index is 1.89. The molecule has 0 spiro atoms. The predicted octanol–water partition coefficient (Wildman–Crippen LogP) is 4.73. The molecule has 0 N–H and O–H groups in total. The molecule has 0 saturated heterocycles. The zero-order chi connectivity index (χ0) is 15.5. The van der Waals surface area contributed by atoms with Gasteiger partial charge in [0.25, 0.3) is 0 Å². The number of fused-ring (bicyclic) bond motifs is 1. The molecule has 0 fully saturated rings. The lowest BCUT2D eigenvalue weighted by Crippen LogP contribution is -1.91. The highest BCUT2D eigenvalue weighted by molar-refractivity contribution is 7.98. The number of rotatable bonds is 4. The van der Waals surface area contributed by atoms with Crippen LogP contribution in [0.3, 0.4) is 0 Å². The highest BCUT2D eigenvalue weighted by Gasteiger charge is 2.10. The molecule has 0 aliphatic heterocycles. The van der Waals surface area contributed by atoms with Crippen LogP contribution in [0.25, 0.3) is 10.2 Å². The average molecular weight is 325 g/mol. The summed E-state index contributed by atoms with van der Waals surface area (Å²) < 4.78 is 0. The minimum Gasteiger partial charge on any atom is -0.226 e. The van der Waals surface area contributed by atoms with E-state index in [9.17, 15) is 0 Å². The lowest BCUT2D eigenvalue weighted by molar-refractivity contribution is 1.01. The molecule has 0 bridgehead atoms. The monoisotopic (exact) mass is 325 g/mol. The van der Waals surface area contributed by atoms with Crippen molar-refractivity contribution in [2.75, 3.05) is 0 Å². The zero-order valence-corrected chi connectivity index (χ0v) is 14.1. The zero-order valence-electron chi connectivity index (χ0n) is 12.5. The first kappa shape index (κ1) is 15.0. The van der Waals surface area contributed by atoms with Gasteiger partial charge in [-0.3, -0.25) is 0 Å². The first-order valence-corrected chi connectivity index (χ1v) is 8.88. The fourth-order valence-corrected chi connectivity index (χ4v) is 4.28. The van der Waals surface area contributed by atoms with E-state index in [2.05, 4.69) is 29.0 Å². The first-order chi connectivity index (χ1) is 10.7. The number of aryl methyl sites for hydroxylation is 2. The Morgan fingerprint density at radius 2 is 2.14 bits per heavy atom. The molecular formula is C17H15N3S2. The van der Waals surface area contributed by atoms with Crippen LogP contribution in [0.15, 0.2) is 35.4 Å². The van der Waals surface area contributed by atoms with Crippen molar-refractivity contribution in [2.24, 2.45) is 0 Å². The van der Waals surface area contributed by atoms with Gasteiger partial charge in [0.15, 0.2) is 0 Å². The first-order valence-electron chi connectivity index (χ1n) is 7.08. The Morgan fingerprint density at radius 3 is 2.91 bits per heavy atom. The fourth-order valence-electron chi connectivity index (χ4n) is 2.21. The average Bonchev–Trinajstić information content (AvgIpc) is 2.95. The number of hydrogen-bond donors (Lipinski definition) is 0. The molecule has 110 valence electrons. The van der Waals surface area contributed by atoms with Crippen LogP contribution in [0.5, 0.6) is 0 Å². The van der Waals surface area contributed by atoms with E-state index in [1.54, 1.807) is 23.1 Å². The maximum absolute atomic E-state index is 8.98. The second-order valence-electron chi connectivity index (χ2n) is 4.96. The van der Waals surface area contributed by atoms with Crippen molar-refractivity contribution in [1.29, 1.82) is 5.26 Å². The molecule has 0 atom stereocenters. The minimum atomic E-state index is 0.700. The molecule has 0 radical (unpaired) electrons. The van der Waals surface area contributed by atoms with Crippen LogP contribution in [0.4, 0.5) is 0 Å². The van der Waals surface area contributed by atoms with Gasteiger partial charge in [-0.25, -0.2) is 9.97 Å². The third-order valence-corrected chi connectivity index (χ3v) is 5.54. The van der Waals surface area contributed by atoms with Crippen molar-refractivity contribution in [3.8, 4) is 6.07 Å². The van der Waals surface area contributed by atoms with E-state index in [-0.39, 0.29) is 0 Å². The lowest BCUT2D eigenvalue weighted by atomic mass is 10.2. The maximum Gasteiger partial charge on any atom is 0.128 e. The molecule has 5 heteroatoms. The molecule has 0 aliphatic rings. The van der Waals surface area contributed by atoms with Crippen molar-refractivity contribution in [2.45, 2.75) is 31.0 Å². The highest BCUT2D eigenvalue weighted by Crippen LogP contribution is 2.33. The quantitative estimate of drug-likeness (QED) is 0.514. The molecule has 3 nitrogen and oxygen atoms in total. The minimum absolute atomic E-state index is 0.700. The van der Waals surface area contributed by atoms with Gasteiger partial charge < -0.3 is 0 Å². The number of thiophene rings is 1. The van der Waals surface area contributed by atoms with E-state index in [1.807, 2.05) is 31.2 Å². The van der Waals surface area contributed by atoms with Crippen molar-refractivity contribution in [3.05, 3.63) is 52.2 Å². The summed E-state index contributed by atoms with van der Waals surface area (Å²) >= 11 is 3.45. The summed E-state index contributed by atoms with van der Waals surface area (Å²) in [7, 11) is 0. The van der Waals surface area contributed by atoms with Gasteiger partial charge in [0.1, 0.15) is 15.7 Å². The van der Waals surface area contributed by atoms with Gasteiger partial charge in [-0.1, -0.05) is 19.1 Å². The summed E-state index contributed by atoms with van der Waals surface area (Å²) in [5, 5.41) is 11.2. The topological polar surface area (TPSA) is 49.6 Å². The van der Waals surface area contributed by atoms with Crippen LogP contribution in [-0.4, -0.2) is 9.97 Å². The number of nitriles is 1. The smallest absolute Gasteiger partial charge is 0.128 e. The van der Waals surface area contributed by atoms with Crippen LogP contribution in [0, 0.1) is 18.3 Å². The Kier molecular flexibility index (Phi) is 4.41. The van der Waals surface area contributed by atoms with E-state index in [0.717, 1.165) is 38.8 Å². The van der Waals surface area contributed by atoms with E-state index in [0.29, 0.717) is 5.56 Å². The van der Waals surface area contributed by atoms with Gasteiger partial charge in [0.05, 0.1) is 11.6 Å². The number of aromatic nitrogens is 2. The maximum atomic E-state index is 8.98. The summed E-state index contributed by atoms with van der Waals surface area (Å²) in [5.41, 5.74) is 1.84. The molecule has 1 aromatic carbocycles. The fraction of sp³-hybridized carbons (Fsp3) is 0.235. The van der Waals surface area contributed by atoms with Gasteiger partial charge in [-0.15, -0.1) is 23.1 Å². The number of thioether (sulfide) groups is 1. The molecule has 0 aliphatic carbocycles. The third kappa shape index (κ3) is 3.13. The summed E-state index contributed by atoms with van der Waals surface area (Å²) in [5.74, 6) is 1.61. The predicted molar refractivity (Wildman–Crippen MR) is 92.2 cm³/mol. The Bertz CT molecular complexity index is 862. The van der Waals surface area contributed by atoms with Crippen LogP contribution in [0.1, 0.15) is 28.8 Å². The van der Waals surface area contributed by atoms with E-state index in [1.165, 1.54) is 4.88 Å². The van der Waals surface area contributed by atoms with E-state index >= 15 is 0 Å². The highest BCUT2D eigenvalue weighted by atomic mass is 32.2. The normalized spacial score (nSPS) is 10.8. The molecule has 0 amide bonds. The largest absolute Gasteiger partial charge is 0.226 e. The summed E-state index contributed by atoms with van der Waals surface area (Å²) in [6, 6.07) is 12.1. The molecule has 3 rings (SSSR count). The molecule has 2 heterocycles. The summed E-state index contributed by atoms with van der Waals surface area (Å²) in [6.45, 7) is 4.09. The van der Waals surface area contributed by atoms with Crippen LogP contribution < -0.4 is 0 Å². The van der Waals surface area contributed by atoms with Crippen LogP contribution in [0.2, 0.25) is 0 Å². The second-order valence-corrected chi connectivity index (χ2v) is 7.04. The number of nitrogens with zero attached hydrogens (tertiary/aromatic N) is 3. The third-order valence-electron chi connectivity index (χ3n) is 3.30. The van der Waals surface area contributed by atoms with Crippen molar-refractivity contribution in [3.63, 3.8) is 0 Å². The Hall–Kier alpha value is -1.90. The molecular weight excluding hydrogens is 310 g/mol. The van der Waals surface area contributed by atoms with Gasteiger partial charge in [0, 0.05) is 16.0 Å². The Morgan fingerprint density at radius 1 is 1.27 bits per heavy atom. The van der Waals surface area contributed by atoms with Gasteiger partial charge >= 0.3 is 0 Å². The van der Waals surface area contributed by atoms with Crippen LogP contribution in [-0.2, 0) is 12.2 Å². The molecule has 0 unspecified atom stereocenters. The molecule has 3 aromatic rings. The van der Waals surface area contributed by atoms with Crippen molar-refractivity contribution in [1.82, 2.24) is 9.97 Å². The SMILES string of the molecule is CCc1cc2c(SCc3cccc(C#N)c3)nc(C)nc2s1. The van der Waals surface area contributed by atoms with E-state index in [4.69, 9.17) is 5.26 Å². The standard InChI is InChI=1S/C17H15N3S2/c1-3-14-8-15-16(19-11(2)20-17(15)22-14)21-10-13-6-4-5-12(7-13)9-18/h4-8H,3,10H2,1-2H3. The molecule has 0 saturated carbocycles. The molecule has 22 heavy (non-hydrogen) atoms. The lowest BCUT2D eigenvalue weighted by Gasteiger charge is -2.04. The summed E-state index contributed by atoms with van der Waals surface area (Å²) in [4.78, 5) is 11.5.